The highest BCUT2D eigenvalue weighted by Crippen LogP contribution is 2.44. The minimum absolute atomic E-state index is 0.101. The Morgan fingerprint density at radius 1 is 0.861 bits per heavy atom. The Bertz CT molecular complexity index is 1200. The predicted octanol–water partition coefficient (Wildman–Crippen LogP) is 3.43. The van der Waals surface area contributed by atoms with E-state index in [4.69, 9.17) is 9.47 Å². The molecule has 2 amide bonds. The van der Waals surface area contributed by atoms with Crippen LogP contribution >= 0.6 is 0 Å². The fourth-order valence-corrected chi connectivity index (χ4v) is 4.34. The highest BCUT2D eigenvalue weighted by atomic mass is 16.5. The van der Waals surface area contributed by atoms with Gasteiger partial charge in [-0.15, -0.1) is 0 Å². The molecule has 0 bridgehead atoms. The van der Waals surface area contributed by atoms with Gasteiger partial charge in [0, 0.05) is 12.3 Å². The van der Waals surface area contributed by atoms with Gasteiger partial charge in [0.05, 0.1) is 14.2 Å². The first-order chi connectivity index (χ1) is 17.5. The first-order valence-electron chi connectivity index (χ1n) is 11.6. The van der Waals surface area contributed by atoms with Crippen LogP contribution in [-0.2, 0) is 25.5 Å². The molecule has 8 heteroatoms. The second kappa shape index (κ2) is 11.4. The molecule has 0 heterocycles. The number of carbonyl (C=O) groups excluding carboxylic acids is 3. The molecule has 2 N–H and O–H groups in total. The lowest BCUT2D eigenvalue weighted by atomic mass is 9.98. The van der Waals surface area contributed by atoms with E-state index in [0.717, 1.165) is 27.8 Å². The molecule has 0 spiro atoms. The lowest BCUT2D eigenvalue weighted by Gasteiger charge is -2.20. The van der Waals surface area contributed by atoms with E-state index < -0.39 is 24.0 Å². The van der Waals surface area contributed by atoms with Crippen molar-refractivity contribution >= 4 is 18.0 Å². The van der Waals surface area contributed by atoms with Crippen LogP contribution in [0, 0.1) is 0 Å². The molecule has 0 radical (unpaired) electrons. The molecule has 0 aliphatic heterocycles. The van der Waals surface area contributed by atoms with Gasteiger partial charge in [-0.25, -0.2) is 4.79 Å². The fourth-order valence-electron chi connectivity index (χ4n) is 4.34. The van der Waals surface area contributed by atoms with Crippen LogP contribution in [0.15, 0.2) is 72.8 Å². The Balaban J connectivity index is 1.44. The average molecular weight is 489 g/mol. The molecule has 0 aromatic heterocycles. The van der Waals surface area contributed by atoms with Gasteiger partial charge in [-0.2, -0.15) is 0 Å². The quantitative estimate of drug-likeness (QED) is 0.448. The van der Waals surface area contributed by atoms with Gasteiger partial charge < -0.3 is 24.8 Å². The summed E-state index contributed by atoms with van der Waals surface area (Å²) < 4.78 is 15.4. The summed E-state index contributed by atoms with van der Waals surface area (Å²) in [6.07, 6.45) is -0.523. The fraction of sp³-hybridized carbons (Fsp3) is 0.250. The predicted molar refractivity (Wildman–Crippen MR) is 134 cm³/mol. The number of nitrogens with one attached hydrogen (secondary N) is 2. The summed E-state index contributed by atoms with van der Waals surface area (Å²) >= 11 is 0. The van der Waals surface area contributed by atoms with Crippen molar-refractivity contribution in [3.05, 3.63) is 89.5 Å². The molecule has 8 nitrogen and oxygen atoms in total. The van der Waals surface area contributed by atoms with Crippen LogP contribution < -0.4 is 15.4 Å². The molecule has 1 aliphatic carbocycles. The van der Waals surface area contributed by atoms with Crippen LogP contribution in [0.25, 0.3) is 11.1 Å². The van der Waals surface area contributed by atoms with E-state index >= 15 is 0 Å². The van der Waals surface area contributed by atoms with Gasteiger partial charge in [-0.3, -0.25) is 9.59 Å². The van der Waals surface area contributed by atoms with Gasteiger partial charge in [0.25, 0.3) is 0 Å². The number of hydrogen-bond donors (Lipinski definition) is 2. The molecule has 1 aliphatic rings. The molecule has 0 saturated carbocycles. The van der Waals surface area contributed by atoms with Gasteiger partial charge in [0.2, 0.25) is 5.91 Å². The number of benzene rings is 3. The standard InChI is InChI=1S/C28H28N2O6/c1-34-19-13-11-18(12-14-19)15-25(27(32)29-16-26(31)35-2)30-28(33)36-17-24-22-9-5-3-7-20(22)21-8-4-6-10-23(21)24/h3-14,24-25H,15-17H2,1-2H3,(H,29,32)(H,30,33)/t25-/m0/s1. The third kappa shape index (κ3) is 5.66. The van der Waals surface area contributed by atoms with Crippen molar-refractivity contribution in [3.8, 4) is 16.9 Å². The third-order valence-electron chi connectivity index (χ3n) is 6.19. The van der Waals surface area contributed by atoms with E-state index in [1.807, 2.05) is 36.4 Å². The molecule has 186 valence electrons. The van der Waals surface area contributed by atoms with Crippen LogP contribution in [0.4, 0.5) is 4.79 Å². The first kappa shape index (κ1) is 24.8. The lowest BCUT2D eigenvalue weighted by Crippen LogP contribution is -2.49. The summed E-state index contributed by atoms with van der Waals surface area (Å²) in [6.45, 7) is -0.181. The van der Waals surface area contributed by atoms with Crippen molar-refractivity contribution < 1.29 is 28.6 Å². The number of hydrogen-bond acceptors (Lipinski definition) is 6. The third-order valence-corrected chi connectivity index (χ3v) is 6.19. The molecule has 4 rings (SSSR count). The monoisotopic (exact) mass is 488 g/mol. The molecule has 1 atom stereocenters. The topological polar surface area (TPSA) is 103 Å². The molecule has 3 aromatic rings. The highest BCUT2D eigenvalue weighted by Gasteiger charge is 2.30. The van der Waals surface area contributed by atoms with Gasteiger partial charge in [0.15, 0.2) is 0 Å². The Kier molecular flexibility index (Phi) is 7.85. The number of fused-ring (bicyclic) bond motifs is 3. The van der Waals surface area contributed by atoms with Gasteiger partial charge in [-0.1, -0.05) is 60.7 Å². The van der Waals surface area contributed by atoms with Crippen molar-refractivity contribution in [2.24, 2.45) is 0 Å². The van der Waals surface area contributed by atoms with Crippen LogP contribution in [0.3, 0.4) is 0 Å². The summed E-state index contributed by atoms with van der Waals surface area (Å²) in [5.41, 5.74) is 5.24. The number of esters is 1. The SMILES string of the molecule is COC(=O)CNC(=O)[C@H](Cc1ccc(OC)cc1)NC(=O)OCC1c2ccccc2-c2ccccc21. The molecule has 0 saturated heterocycles. The number of carbonyl (C=O) groups is 3. The summed E-state index contributed by atoms with van der Waals surface area (Å²) in [4.78, 5) is 37.1. The van der Waals surface area contributed by atoms with Crippen molar-refractivity contribution in [2.45, 2.75) is 18.4 Å². The number of ether oxygens (including phenoxy) is 3. The van der Waals surface area contributed by atoms with E-state index in [1.54, 1.807) is 31.4 Å². The van der Waals surface area contributed by atoms with E-state index in [0.29, 0.717) is 5.75 Å². The van der Waals surface area contributed by atoms with Crippen LogP contribution in [0.1, 0.15) is 22.6 Å². The van der Waals surface area contributed by atoms with Gasteiger partial charge >= 0.3 is 12.1 Å². The molecular formula is C28H28N2O6. The minimum Gasteiger partial charge on any atom is -0.497 e. The second-order valence-electron chi connectivity index (χ2n) is 8.37. The number of alkyl carbamates (subject to hydrolysis) is 1. The zero-order valence-corrected chi connectivity index (χ0v) is 20.2. The lowest BCUT2D eigenvalue weighted by molar-refractivity contribution is -0.141. The molecule has 0 fully saturated rings. The summed E-state index contributed by atoms with van der Waals surface area (Å²) in [5, 5.41) is 5.15. The molecule has 0 unspecified atom stereocenters. The first-order valence-corrected chi connectivity index (χ1v) is 11.6. The zero-order valence-electron chi connectivity index (χ0n) is 20.2. The normalized spacial score (nSPS) is 12.6. The van der Waals surface area contributed by atoms with Crippen LogP contribution in [0.5, 0.6) is 5.75 Å². The van der Waals surface area contributed by atoms with Crippen molar-refractivity contribution in [3.63, 3.8) is 0 Å². The Labute approximate surface area is 209 Å². The number of amides is 2. The molecule has 3 aromatic carbocycles. The van der Waals surface area contributed by atoms with E-state index in [1.165, 1.54) is 7.11 Å². The highest BCUT2D eigenvalue weighted by molar-refractivity contribution is 5.88. The number of methoxy groups -OCH3 is 2. The van der Waals surface area contributed by atoms with Crippen molar-refractivity contribution in [1.82, 2.24) is 10.6 Å². The van der Waals surface area contributed by atoms with Crippen LogP contribution in [0.2, 0.25) is 0 Å². The Morgan fingerprint density at radius 3 is 2.06 bits per heavy atom. The zero-order chi connectivity index (χ0) is 25.5. The Hall–Kier alpha value is -4.33. The average Bonchev–Trinajstić information content (AvgIpc) is 3.24. The molecule has 36 heavy (non-hydrogen) atoms. The summed E-state index contributed by atoms with van der Waals surface area (Å²) in [5.74, 6) is -0.538. The van der Waals surface area contributed by atoms with E-state index in [-0.39, 0.29) is 25.5 Å². The maximum Gasteiger partial charge on any atom is 0.407 e. The van der Waals surface area contributed by atoms with Gasteiger partial charge in [-0.05, 0) is 39.9 Å². The Morgan fingerprint density at radius 2 is 1.47 bits per heavy atom. The smallest absolute Gasteiger partial charge is 0.407 e. The summed E-state index contributed by atoms with van der Waals surface area (Å²) in [7, 11) is 2.80. The maximum atomic E-state index is 12.8. The van der Waals surface area contributed by atoms with Crippen molar-refractivity contribution in [2.75, 3.05) is 27.4 Å². The van der Waals surface area contributed by atoms with E-state index in [9.17, 15) is 14.4 Å². The van der Waals surface area contributed by atoms with E-state index in [2.05, 4.69) is 27.5 Å². The second-order valence-corrected chi connectivity index (χ2v) is 8.37. The van der Waals surface area contributed by atoms with Crippen molar-refractivity contribution in [1.29, 1.82) is 0 Å². The molecular weight excluding hydrogens is 460 g/mol. The minimum atomic E-state index is -0.960. The van der Waals surface area contributed by atoms with Gasteiger partial charge in [0.1, 0.15) is 24.9 Å². The number of rotatable bonds is 9. The van der Waals surface area contributed by atoms with Crippen LogP contribution in [-0.4, -0.2) is 51.4 Å². The largest absolute Gasteiger partial charge is 0.497 e. The maximum absolute atomic E-state index is 12.8. The summed E-state index contributed by atoms with van der Waals surface area (Å²) in [6, 6.07) is 22.3.